The lowest BCUT2D eigenvalue weighted by Gasteiger charge is -2.16. The molecule has 20 heavy (non-hydrogen) atoms. The van der Waals surface area contributed by atoms with Crippen molar-refractivity contribution in [3.63, 3.8) is 0 Å². The standard InChI is InChI=1S/C16H19FN2O/c1-11(12-7-8-16(20-2)14(17)9-12)19-10-13-5-3-4-6-15(13)18/h3-9,11,19H,10,18H2,1-2H3. The third-order valence-electron chi connectivity index (χ3n) is 3.33. The molecule has 0 saturated carbocycles. The van der Waals surface area contributed by atoms with Gasteiger partial charge >= 0.3 is 0 Å². The van der Waals surface area contributed by atoms with Gasteiger partial charge in [-0.3, -0.25) is 0 Å². The second-order valence-corrected chi connectivity index (χ2v) is 4.70. The van der Waals surface area contributed by atoms with E-state index >= 15 is 0 Å². The number of ether oxygens (including phenoxy) is 1. The van der Waals surface area contributed by atoms with Gasteiger partial charge in [0.1, 0.15) is 0 Å². The topological polar surface area (TPSA) is 47.3 Å². The number of nitrogens with one attached hydrogen (secondary N) is 1. The SMILES string of the molecule is COc1ccc(C(C)NCc2ccccc2N)cc1F. The molecule has 106 valence electrons. The molecule has 0 fully saturated rings. The van der Waals surface area contributed by atoms with Crippen LogP contribution in [0.5, 0.6) is 5.75 Å². The first-order valence-electron chi connectivity index (χ1n) is 6.52. The van der Waals surface area contributed by atoms with Crippen LogP contribution in [0.1, 0.15) is 24.1 Å². The highest BCUT2D eigenvalue weighted by atomic mass is 19.1. The molecule has 0 radical (unpaired) electrons. The number of nitrogens with two attached hydrogens (primary N) is 1. The molecule has 0 saturated heterocycles. The monoisotopic (exact) mass is 274 g/mol. The quantitative estimate of drug-likeness (QED) is 0.823. The zero-order valence-electron chi connectivity index (χ0n) is 11.7. The average molecular weight is 274 g/mol. The molecule has 4 heteroatoms. The minimum Gasteiger partial charge on any atom is -0.494 e. The smallest absolute Gasteiger partial charge is 0.165 e. The van der Waals surface area contributed by atoms with E-state index < -0.39 is 0 Å². The number of benzene rings is 2. The molecule has 1 atom stereocenters. The summed E-state index contributed by atoms with van der Waals surface area (Å²) in [5.74, 6) is -0.0915. The van der Waals surface area contributed by atoms with Gasteiger partial charge in [0.15, 0.2) is 11.6 Å². The highest BCUT2D eigenvalue weighted by Crippen LogP contribution is 2.22. The van der Waals surface area contributed by atoms with E-state index in [9.17, 15) is 4.39 Å². The van der Waals surface area contributed by atoms with Crippen molar-refractivity contribution in [2.75, 3.05) is 12.8 Å². The van der Waals surface area contributed by atoms with Crippen LogP contribution in [0.25, 0.3) is 0 Å². The summed E-state index contributed by atoms with van der Waals surface area (Å²) in [5, 5.41) is 3.33. The summed E-state index contributed by atoms with van der Waals surface area (Å²) in [6.45, 7) is 2.63. The Bertz CT molecular complexity index is 586. The third kappa shape index (κ3) is 3.27. The number of rotatable bonds is 5. The summed E-state index contributed by atoms with van der Waals surface area (Å²) in [6, 6.07) is 12.7. The van der Waals surface area contributed by atoms with Crippen molar-refractivity contribution in [3.8, 4) is 5.75 Å². The molecule has 0 heterocycles. The molecular weight excluding hydrogens is 255 g/mol. The van der Waals surface area contributed by atoms with E-state index in [2.05, 4.69) is 5.32 Å². The van der Waals surface area contributed by atoms with Crippen LogP contribution in [0.4, 0.5) is 10.1 Å². The normalized spacial score (nSPS) is 12.2. The Morgan fingerprint density at radius 1 is 1.25 bits per heavy atom. The van der Waals surface area contributed by atoms with Crippen LogP contribution in [-0.2, 0) is 6.54 Å². The van der Waals surface area contributed by atoms with Gasteiger partial charge in [-0.2, -0.15) is 0 Å². The van der Waals surface area contributed by atoms with Crippen LogP contribution in [0.15, 0.2) is 42.5 Å². The second-order valence-electron chi connectivity index (χ2n) is 4.70. The van der Waals surface area contributed by atoms with Gasteiger partial charge in [0.2, 0.25) is 0 Å². The summed E-state index contributed by atoms with van der Waals surface area (Å²) in [5.41, 5.74) is 8.56. The number of halogens is 1. The van der Waals surface area contributed by atoms with E-state index in [0.717, 1.165) is 16.8 Å². The van der Waals surface area contributed by atoms with Crippen LogP contribution < -0.4 is 15.8 Å². The van der Waals surface area contributed by atoms with Gasteiger partial charge in [0.05, 0.1) is 7.11 Å². The van der Waals surface area contributed by atoms with E-state index in [1.54, 1.807) is 6.07 Å². The predicted molar refractivity (Wildman–Crippen MR) is 79.1 cm³/mol. The minimum atomic E-state index is -0.349. The summed E-state index contributed by atoms with van der Waals surface area (Å²) in [7, 11) is 1.46. The molecule has 0 aliphatic rings. The van der Waals surface area contributed by atoms with Gasteiger partial charge in [-0.05, 0) is 36.2 Å². The molecule has 0 aliphatic carbocycles. The van der Waals surface area contributed by atoms with Gasteiger partial charge in [0.25, 0.3) is 0 Å². The van der Waals surface area contributed by atoms with Gasteiger partial charge in [0, 0.05) is 18.3 Å². The fourth-order valence-electron chi connectivity index (χ4n) is 2.03. The lowest BCUT2D eigenvalue weighted by molar-refractivity contribution is 0.385. The number of nitrogen functional groups attached to an aromatic ring is 1. The van der Waals surface area contributed by atoms with Gasteiger partial charge in [-0.15, -0.1) is 0 Å². The van der Waals surface area contributed by atoms with Gasteiger partial charge < -0.3 is 15.8 Å². The van der Waals surface area contributed by atoms with Gasteiger partial charge in [-0.25, -0.2) is 4.39 Å². The summed E-state index contributed by atoms with van der Waals surface area (Å²) >= 11 is 0. The van der Waals surface area contributed by atoms with Crippen molar-refractivity contribution in [1.82, 2.24) is 5.32 Å². The Kier molecular flexibility index (Phi) is 4.58. The maximum atomic E-state index is 13.7. The molecule has 3 N–H and O–H groups in total. The molecule has 0 amide bonds. The number of methoxy groups -OCH3 is 1. The molecule has 0 bridgehead atoms. The first-order valence-corrected chi connectivity index (χ1v) is 6.52. The average Bonchev–Trinajstić information content (AvgIpc) is 2.46. The number of hydrogen-bond donors (Lipinski definition) is 2. The molecule has 2 aromatic carbocycles. The molecule has 0 spiro atoms. The molecule has 2 rings (SSSR count). The van der Waals surface area contributed by atoms with E-state index in [4.69, 9.17) is 10.5 Å². The Labute approximate surface area is 118 Å². The summed E-state index contributed by atoms with van der Waals surface area (Å²) in [4.78, 5) is 0. The Morgan fingerprint density at radius 2 is 2.00 bits per heavy atom. The summed E-state index contributed by atoms with van der Waals surface area (Å²) in [6.07, 6.45) is 0. The van der Waals surface area contributed by atoms with Crippen molar-refractivity contribution < 1.29 is 9.13 Å². The molecule has 3 nitrogen and oxygen atoms in total. The van der Waals surface area contributed by atoms with Crippen LogP contribution in [0.3, 0.4) is 0 Å². The van der Waals surface area contributed by atoms with Crippen LogP contribution in [-0.4, -0.2) is 7.11 Å². The first-order chi connectivity index (χ1) is 9.61. The highest BCUT2D eigenvalue weighted by molar-refractivity contribution is 5.46. The van der Waals surface area contributed by atoms with E-state index in [1.807, 2.05) is 37.3 Å². The maximum absolute atomic E-state index is 13.7. The molecule has 0 aromatic heterocycles. The van der Waals surface area contributed by atoms with Crippen molar-refractivity contribution >= 4 is 5.69 Å². The highest BCUT2D eigenvalue weighted by Gasteiger charge is 2.09. The molecular formula is C16H19FN2O. The largest absolute Gasteiger partial charge is 0.494 e. The van der Waals surface area contributed by atoms with Crippen LogP contribution in [0.2, 0.25) is 0 Å². The Hall–Kier alpha value is -2.07. The predicted octanol–water partition coefficient (Wildman–Crippen LogP) is 3.27. The third-order valence-corrected chi connectivity index (χ3v) is 3.33. The van der Waals surface area contributed by atoms with E-state index in [0.29, 0.717) is 6.54 Å². The maximum Gasteiger partial charge on any atom is 0.165 e. The molecule has 2 aromatic rings. The Morgan fingerprint density at radius 3 is 2.65 bits per heavy atom. The number of hydrogen-bond acceptors (Lipinski definition) is 3. The molecule has 1 unspecified atom stereocenters. The zero-order valence-corrected chi connectivity index (χ0v) is 11.7. The van der Waals surface area contributed by atoms with Gasteiger partial charge in [-0.1, -0.05) is 24.3 Å². The fraction of sp³-hybridized carbons (Fsp3) is 0.250. The lowest BCUT2D eigenvalue weighted by atomic mass is 10.1. The van der Waals surface area contributed by atoms with Crippen LogP contribution >= 0.6 is 0 Å². The zero-order chi connectivity index (χ0) is 14.5. The van der Waals surface area contributed by atoms with E-state index in [1.165, 1.54) is 13.2 Å². The fourth-order valence-corrected chi connectivity index (χ4v) is 2.03. The van der Waals surface area contributed by atoms with Crippen molar-refractivity contribution in [1.29, 1.82) is 0 Å². The van der Waals surface area contributed by atoms with Crippen molar-refractivity contribution in [2.24, 2.45) is 0 Å². The van der Waals surface area contributed by atoms with Crippen LogP contribution in [0, 0.1) is 5.82 Å². The first kappa shape index (κ1) is 14.3. The minimum absolute atomic E-state index is 0.0232. The van der Waals surface area contributed by atoms with E-state index in [-0.39, 0.29) is 17.6 Å². The number of anilines is 1. The molecule has 0 aliphatic heterocycles. The summed E-state index contributed by atoms with van der Waals surface area (Å²) < 4.78 is 18.6. The Balaban J connectivity index is 2.03. The van der Waals surface area contributed by atoms with Crippen molar-refractivity contribution in [2.45, 2.75) is 19.5 Å². The second kappa shape index (κ2) is 6.39. The lowest BCUT2D eigenvalue weighted by Crippen LogP contribution is -2.19. The van der Waals surface area contributed by atoms with Crippen molar-refractivity contribution in [3.05, 3.63) is 59.4 Å². The number of para-hydroxylation sites is 1.